The Hall–Kier alpha value is -1.55. The predicted molar refractivity (Wildman–Crippen MR) is 108 cm³/mol. The van der Waals surface area contributed by atoms with E-state index in [0.717, 1.165) is 55.9 Å². The van der Waals surface area contributed by atoms with E-state index in [9.17, 15) is 22.8 Å². The number of amides is 2. The van der Waals surface area contributed by atoms with Crippen LogP contribution in [0.3, 0.4) is 0 Å². The number of carbonyl (C=O) groups is 2. The molecule has 3 N–H and O–H groups in total. The molecule has 10 heteroatoms. The molecule has 0 atom stereocenters. The topological polar surface area (TPSA) is 75.4 Å². The molecule has 2 fully saturated rings. The van der Waals surface area contributed by atoms with Crippen LogP contribution in [0.1, 0.15) is 36.0 Å². The second-order valence-electron chi connectivity index (χ2n) is 6.82. The van der Waals surface area contributed by atoms with Gasteiger partial charge in [-0.05, 0) is 37.5 Å². The number of benzene rings is 1. The van der Waals surface area contributed by atoms with E-state index in [4.69, 9.17) is 5.73 Å². The van der Waals surface area contributed by atoms with Crippen LogP contribution >= 0.6 is 23.5 Å². The minimum absolute atomic E-state index is 0.200. The van der Waals surface area contributed by atoms with E-state index in [-0.39, 0.29) is 5.56 Å². The van der Waals surface area contributed by atoms with Gasteiger partial charge in [-0.15, -0.1) is 23.5 Å². The number of nitrogens with zero attached hydrogens (tertiary/aromatic N) is 1. The molecule has 1 aromatic rings. The van der Waals surface area contributed by atoms with Crippen molar-refractivity contribution in [3.8, 4) is 0 Å². The maximum Gasteiger partial charge on any atom is 0.412 e. The summed E-state index contributed by atoms with van der Waals surface area (Å²) in [6.07, 6.45) is -2.06. The Labute approximate surface area is 170 Å². The number of hydrogen-bond donors (Lipinski definition) is 2. The second-order valence-corrected chi connectivity index (χ2v) is 9.86. The van der Waals surface area contributed by atoms with Gasteiger partial charge in [0.15, 0.2) is 4.08 Å². The summed E-state index contributed by atoms with van der Waals surface area (Å²) in [5.41, 5.74) is 6.56. The zero-order valence-electron chi connectivity index (χ0n) is 15.2. The van der Waals surface area contributed by atoms with Gasteiger partial charge in [-0.3, -0.25) is 9.59 Å². The molecule has 2 saturated heterocycles. The van der Waals surface area contributed by atoms with Gasteiger partial charge in [0.05, 0.1) is 17.8 Å². The predicted octanol–water partition coefficient (Wildman–Crippen LogP) is 3.84. The van der Waals surface area contributed by atoms with Crippen LogP contribution in [0.5, 0.6) is 0 Å². The highest BCUT2D eigenvalue weighted by atomic mass is 32.2. The fourth-order valence-corrected chi connectivity index (χ4v) is 6.38. The normalized spacial score (nSPS) is 19.5. The van der Waals surface area contributed by atoms with Crippen molar-refractivity contribution in [1.82, 2.24) is 0 Å². The maximum atomic E-state index is 13.6. The first kappa shape index (κ1) is 21.2. The number of carbonyl (C=O) groups excluding carboxylic acids is 2. The number of alkyl halides is 3. The Morgan fingerprint density at radius 1 is 1.14 bits per heavy atom. The van der Waals surface area contributed by atoms with Crippen molar-refractivity contribution in [2.24, 2.45) is 5.73 Å². The number of nitrogens with two attached hydrogens (primary N) is 1. The summed E-state index contributed by atoms with van der Waals surface area (Å²) in [6, 6.07) is 4.71. The minimum Gasteiger partial charge on any atom is -0.370 e. The third-order valence-electron chi connectivity index (χ3n) is 4.83. The molecule has 154 valence electrons. The summed E-state index contributed by atoms with van der Waals surface area (Å²) in [6.45, 7) is 1.58. The van der Waals surface area contributed by atoms with E-state index in [1.165, 1.54) is 6.07 Å². The van der Waals surface area contributed by atoms with E-state index in [1.807, 2.05) is 0 Å². The number of nitrogens with one attached hydrogen (secondary N) is 1. The van der Waals surface area contributed by atoms with E-state index in [1.54, 1.807) is 12.1 Å². The van der Waals surface area contributed by atoms with Crippen LogP contribution in [0.2, 0.25) is 0 Å². The molecular weight excluding hydrogens is 411 g/mol. The van der Waals surface area contributed by atoms with Crippen molar-refractivity contribution in [2.45, 2.75) is 35.9 Å². The fraction of sp³-hybridized carbons (Fsp3) is 0.556. The molecule has 2 heterocycles. The first-order valence-corrected chi connectivity index (χ1v) is 11.0. The molecule has 0 spiro atoms. The van der Waals surface area contributed by atoms with Crippen LogP contribution < -0.4 is 16.0 Å². The number of anilines is 2. The molecule has 2 amide bonds. The summed E-state index contributed by atoms with van der Waals surface area (Å²) in [5.74, 6) is -0.671. The quantitative estimate of drug-likeness (QED) is 0.738. The Morgan fingerprint density at radius 2 is 1.79 bits per heavy atom. The number of thioether (sulfide) groups is 2. The van der Waals surface area contributed by atoms with Crippen LogP contribution in [-0.4, -0.2) is 46.7 Å². The second kappa shape index (κ2) is 8.44. The molecule has 5 nitrogen and oxygen atoms in total. The van der Waals surface area contributed by atoms with Crippen molar-refractivity contribution in [2.75, 3.05) is 34.8 Å². The number of piperidine rings is 1. The first-order valence-electron chi connectivity index (χ1n) is 9.05. The summed E-state index contributed by atoms with van der Waals surface area (Å²) >= 11 is 1.54. The van der Waals surface area contributed by atoms with Gasteiger partial charge in [-0.25, -0.2) is 0 Å². The number of hydrogen-bond acceptors (Lipinski definition) is 5. The molecule has 0 aliphatic carbocycles. The third-order valence-corrected chi connectivity index (χ3v) is 8.30. The molecule has 0 bridgehead atoms. The van der Waals surface area contributed by atoms with Crippen LogP contribution in [0.25, 0.3) is 0 Å². The van der Waals surface area contributed by atoms with Crippen LogP contribution in [-0.2, 0) is 4.79 Å². The molecule has 0 radical (unpaired) electrons. The lowest BCUT2D eigenvalue weighted by Gasteiger charge is -2.32. The van der Waals surface area contributed by atoms with Crippen molar-refractivity contribution < 1.29 is 22.8 Å². The van der Waals surface area contributed by atoms with Gasteiger partial charge in [-0.2, -0.15) is 13.2 Å². The zero-order valence-corrected chi connectivity index (χ0v) is 16.8. The van der Waals surface area contributed by atoms with Gasteiger partial charge in [0, 0.05) is 30.2 Å². The molecular formula is C18H22F3N3O2S2. The molecule has 1 aromatic carbocycles. The van der Waals surface area contributed by atoms with Crippen molar-refractivity contribution in [1.29, 1.82) is 0 Å². The average molecular weight is 434 g/mol. The fourth-order valence-electron chi connectivity index (χ4n) is 3.43. The Kier molecular flexibility index (Phi) is 6.38. The summed E-state index contributed by atoms with van der Waals surface area (Å²) < 4.78 is 38.6. The lowest BCUT2D eigenvalue weighted by Crippen LogP contribution is -2.40. The Bertz CT molecular complexity index is 746. The standard InChI is InChI=1S/C18H22F3N3O2S2/c19-18(20,21)17(27-8-9-28-17)11-15(25)23-13-10-12(16(22)26)4-5-14(13)24-6-2-1-3-7-24/h4-5,10H,1-3,6-9,11H2,(H2,22,26)(H,23,25). The van der Waals surface area contributed by atoms with Crippen molar-refractivity contribution in [3.05, 3.63) is 23.8 Å². The number of primary amides is 1. The monoisotopic (exact) mass is 433 g/mol. The van der Waals surface area contributed by atoms with E-state index < -0.39 is 28.5 Å². The highest BCUT2D eigenvalue weighted by Crippen LogP contribution is 2.56. The lowest BCUT2D eigenvalue weighted by molar-refractivity contribution is -0.144. The zero-order chi connectivity index (χ0) is 20.4. The van der Waals surface area contributed by atoms with E-state index >= 15 is 0 Å². The highest BCUT2D eigenvalue weighted by molar-refractivity contribution is 8.21. The third kappa shape index (κ3) is 4.53. The van der Waals surface area contributed by atoms with Crippen LogP contribution in [0.15, 0.2) is 18.2 Å². The molecule has 2 aliphatic heterocycles. The summed E-state index contributed by atoms with van der Waals surface area (Å²) in [5, 5.41) is 2.61. The van der Waals surface area contributed by atoms with Gasteiger partial charge in [0.2, 0.25) is 11.8 Å². The molecule has 0 saturated carbocycles. The average Bonchev–Trinajstić information content (AvgIpc) is 3.12. The Balaban J connectivity index is 1.84. The largest absolute Gasteiger partial charge is 0.412 e. The number of halogens is 3. The Morgan fingerprint density at radius 3 is 2.36 bits per heavy atom. The van der Waals surface area contributed by atoms with Crippen molar-refractivity contribution in [3.63, 3.8) is 0 Å². The number of rotatable bonds is 5. The van der Waals surface area contributed by atoms with Gasteiger partial charge < -0.3 is 16.0 Å². The van der Waals surface area contributed by atoms with E-state index in [0.29, 0.717) is 22.9 Å². The van der Waals surface area contributed by atoms with Gasteiger partial charge in [0.25, 0.3) is 0 Å². The van der Waals surface area contributed by atoms with E-state index in [2.05, 4.69) is 10.2 Å². The van der Waals surface area contributed by atoms with Crippen molar-refractivity contribution >= 4 is 46.7 Å². The van der Waals surface area contributed by atoms with Gasteiger partial charge in [-0.1, -0.05) is 0 Å². The minimum atomic E-state index is -4.49. The van der Waals surface area contributed by atoms with Gasteiger partial charge in [0.1, 0.15) is 0 Å². The smallest absolute Gasteiger partial charge is 0.370 e. The molecule has 0 unspecified atom stereocenters. The molecule has 28 heavy (non-hydrogen) atoms. The molecule has 3 rings (SSSR count). The highest BCUT2D eigenvalue weighted by Gasteiger charge is 2.58. The SMILES string of the molecule is NC(=O)c1ccc(N2CCCCC2)c(NC(=O)CC2(C(F)(F)F)SCCS2)c1. The van der Waals surface area contributed by atoms with Crippen LogP contribution in [0, 0.1) is 0 Å². The van der Waals surface area contributed by atoms with Gasteiger partial charge >= 0.3 is 6.18 Å². The first-order chi connectivity index (χ1) is 13.2. The molecule has 0 aromatic heterocycles. The maximum absolute atomic E-state index is 13.6. The van der Waals surface area contributed by atoms with Crippen LogP contribution in [0.4, 0.5) is 24.5 Å². The molecule has 2 aliphatic rings. The summed E-state index contributed by atoms with van der Waals surface area (Å²) in [7, 11) is 0. The summed E-state index contributed by atoms with van der Waals surface area (Å²) in [4.78, 5) is 26.2. The lowest BCUT2D eigenvalue weighted by atomic mass is 10.1.